The molecule has 4 rings (SSSR count). The van der Waals surface area contributed by atoms with Gasteiger partial charge in [0.2, 0.25) is 5.91 Å². The van der Waals surface area contributed by atoms with Crippen molar-refractivity contribution in [1.82, 2.24) is 5.32 Å². The van der Waals surface area contributed by atoms with Crippen molar-refractivity contribution in [3.05, 3.63) is 59.7 Å². The minimum absolute atomic E-state index is 0.0572. The first-order chi connectivity index (χ1) is 15.7. The van der Waals surface area contributed by atoms with Gasteiger partial charge in [-0.15, -0.1) is 0 Å². The number of para-hydroxylation sites is 1. The monoisotopic (exact) mass is 434 g/mol. The standard InChI is InChI=1S/C28H38N2O2/c1-2-3-13-26(25-12-5-6-14-27(25)30-19-7-4-8-20-30)29-28(31)21-22-15-17-24(18-16-22)32-23-10-9-11-23/h5-6,12,14-18,23,26H,2-4,7-11,13,19-21H2,1H3,(H,29,31). The van der Waals surface area contributed by atoms with Crippen LogP contribution in [0.25, 0.3) is 0 Å². The van der Waals surface area contributed by atoms with Crippen molar-refractivity contribution in [2.75, 3.05) is 18.0 Å². The fourth-order valence-electron chi connectivity index (χ4n) is 4.72. The Morgan fingerprint density at radius 2 is 1.78 bits per heavy atom. The number of ether oxygens (including phenoxy) is 1. The second-order valence-corrected chi connectivity index (χ2v) is 9.36. The predicted octanol–water partition coefficient (Wildman–Crippen LogP) is 6.20. The Morgan fingerprint density at radius 1 is 1.03 bits per heavy atom. The minimum Gasteiger partial charge on any atom is -0.490 e. The van der Waals surface area contributed by atoms with Gasteiger partial charge in [-0.2, -0.15) is 0 Å². The van der Waals surface area contributed by atoms with Crippen molar-refractivity contribution in [2.24, 2.45) is 0 Å². The first-order valence-electron chi connectivity index (χ1n) is 12.6. The third kappa shape index (κ3) is 6.05. The van der Waals surface area contributed by atoms with E-state index in [2.05, 4.69) is 41.4 Å². The van der Waals surface area contributed by atoms with Gasteiger partial charge < -0.3 is 15.0 Å². The molecule has 1 N–H and O–H groups in total. The third-order valence-electron chi connectivity index (χ3n) is 6.83. The topological polar surface area (TPSA) is 41.6 Å². The molecule has 1 saturated carbocycles. The van der Waals surface area contributed by atoms with Crippen LogP contribution in [0.2, 0.25) is 0 Å². The summed E-state index contributed by atoms with van der Waals surface area (Å²) in [6.45, 7) is 4.43. The maximum Gasteiger partial charge on any atom is 0.224 e. The largest absolute Gasteiger partial charge is 0.490 e. The maximum atomic E-state index is 13.0. The summed E-state index contributed by atoms with van der Waals surface area (Å²) in [6, 6.07) is 16.8. The van der Waals surface area contributed by atoms with Crippen LogP contribution in [0.15, 0.2) is 48.5 Å². The van der Waals surface area contributed by atoms with Crippen LogP contribution in [0.4, 0.5) is 5.69 Å². The van der Waals surface area contributed by atoms with Crippen LogP contribution in [0.5, 0.6) is 5.75 Å². The summed E-state index contributed by atoms with van der Waals surface area (Å²) in [5.74, 6) is 1.00. The number of unbranched alkanes of at least 4 members (excludes halogenated alkanes) is 1. The van der Waals surface area contributed by atoms with Gasteiger partial charge in [0.1, 0.15) is 5.75 Å². The minimum atomic E-state index is 0.0572. The molecule has 1 saturated heterocycles. The van der Waals surface area contributed by atoms with Crippen LogP contribution in [0.1, 0.15) is 81.9 Å². The lowest BCUT2D eigenvalue weighted by atomic mass is 9.96. The Morgan fingerprint density at radius 3 is 2.47 bits per heavy atom. The number of benzene rings is 2. The Hall–Kier alpha value is -2.49. The Labute approximate surface area is 193 Å². The van der Waals surface area contributed by atoms with Crippen LogP contribution >= 0.6 is 0 Å². The molecule has 32 heavy (non-hydrogen) atoms. The molecule has 2 aromatic rings. The van der Waals surface area contributed by atoms with E-state index >= 15 is 0 Å². The molecule has 4 nitrogen and oxygen atoms in total. The molecule has 1 heterocycles. The molecule has 1 amide bonds. The van der Waals surface area contributed by atoms with Gasteiger partial charge in [-0.25, -0.2) is 0 Å². The molecule has 0 radical (unpaired) electrons. The molecule has 0 aromatic heterocycles. The van der Waals surface area contributed by atoms with E-state index in [4.69, 9.17) is 4.74 Å². The molecule has 4 heteroatoms. The average Bonchev–Trinajstić information content (AvgIpc) is 2.80. The fraction of sp³-hybridized carbons (Fsp3) is 0.536. The molecule has 2 aliphatic rings. The molecule has 1 aliphatic carbocycles. The third-order valence-corrected chi connectivity index (χ3v) is 6.83. The van der Waals surface area contributed by atoms with Gasteiger partial charge in [0.05, 0.1) is 18.6 Å². The molecule has 0 spiro atoms. The van der Waals surface area contributed by atoms with Crippen molar-refractivity contribution >= 4 is 11.6 Å². The van der Waals surface area contributed by atoms with Crippen molar-refractivity contribution in [2.45, 2.75) is 83.3 Å². The normalized spacial score (nSPS) is 17.5. The predicted molar refractivity (Wildman–Crippen MR) is 131 cm³/mol. The molecule has 1 unspecified atom stereocenters. The summed E-state index contributed by atoms with van der Waals surface area (Å²) in [6.07, 6.45) is 11.4. The van der Waals surface area contributed by atoms with E-state index < -0.39 is 0 Å². The van der Waals surface area contributed by atoms with Crippen LogP contribution in [0, 0.1) is 0 Å². The van der Waals surface area contributed by atoms with Gasteiger partial charge in [-0.05, 0) is 74.3 Å². The van der Waals surface area contributed by atoms with Crippen LogP contribution < -0.4 is 15.0 Å². The second-order valence-electron chi connectivity index (χ2n) is 9.36. The number of hydrogen-bond donors (Lipinski definition) is 1. The molecule has 2 aromatic carbocycles. The van der Waals surface area contributed by atoms with E-state index in [-0.39, 0.29) is 11.9 Å². The molecular weight excluding hydrogens is 396 g/mol. The lowest BCUT2D eigenvalue weighted by molar-refractivity contribution is -0.121. The second kappa shape index (κ2) is 11.4. The fourth-order valence-corrected chi connectivity index (χ4v) is 4.72. The highest BCUT2D eigenvalue weighted by atomic mass is 16.5. The van der Waals surface area contributed by atoms with Gasteiger partial charge in [0.25, 0.3) is 0 Å². The number of carbonyl (C=O) groups is 1. The Bertz CT molecular complexity index is 854. The summed E-state index contributed by atoms with van der Waals surface area (Å²) in [7, 11) is 0. The highest BCUT2D eigenvalue weighted by Gasteiger charge is 2.22. The average molecular weight is 435 g/mol. The van der Waals surface area contributed by atoms with E-state index in [0.717, 1.165) is 56.5 Å². The van der Waals surface area contributed by atoms with Crippen molar-refractivity contribution in [3.63, 3.8) is 0 Å². The number of rotatable bonds is 10. The number of hydrogen-bond acceptors (Lipinski definition) is 3. The van der Waals surface area contributed by atoms with Crippen LogP contribution in [-0.4, -0.2) is 25.1 Å². The van der Waals surface area contributed by atoms with Gasteiger partial charge in [0.15, 0.2) is 0 Å². The smallest absolute Gasteiger partial charge is 0.224 e. The molecule has 1 atom stereocenters. The lowest BCUT2D eigenvalue weighted by Gasteiger charge is -2.33. The summed E-state index contributed by atoms with van der Waals surface area (Å²) >= 11 is 0. The molecule has 0 bridgehead atoms. The van der Waals surface area contributed by atoms with Crippen molar-refractivity contribution in [1.29, 1.82) is 0 Å². The number of anilines is 1. The number of carbonyl (C=O) groups excluding carboxylic acids is 1. The highest BCUT2D eigenvalue weighted by Crippen LogP contribution is 2.31. The van der Waals surface area contributed by atoms with E-state index in [1.807, 2.05) is 24.3 Å². The summed E-state index contributed by atoms with van der Waals surface area (Å²) in [5.41, 5.74) is 3.59. The zero-order valence-electron chi connectivity index (χ0n) is 19.5. The van der Waals surface area contributed by atoms with Crippen molar-refractivity contribution < 1.29 is 9.53 Å². The van der Waals surface area contributed by atoms with Gasteiger partial charge >= 0.3 is 0 Å². The first kappa shape index (κ1) is 22.7. The SMILES string of the molecule is CCCCC(NC(=O)Cc1ccc(OC2CCC2)cc1)c1ccccc1N1CCCCC1. The van der Waals surface area contributed by atoms with E-state index in [9.17, 15) is 4.79 Å². The molecule has 1 aliphatic heterocycles. The van der Waals surface area contributed by atoms with E-state index in [0.29, 0.717) is 12.5 Å². The van der Waals surface area contributed by atoms with Crippen LogP contribution in [0.3, 0.4) is 0 Å². The zero-order valence-corrected chi connectivity index (χ0v) is 19.5. The van der Waals surface area contributed by atoms with Crippen molar-refractivity contribution in [3.8, 4) is 5.75 Å². The zero-order chi connectivity index (χ0) is 22.2. The van der Waals surface area contributed by atoms with Gasteiger partial charge in [-0.3, -0.25) is 4.79 Å². The maximum absolute atomic E-state index is 13.0. The summed E-state index contributed by atoms with van der Waals surface area (Å²) in [5, 5.41) is 3.36. The van der Waals surface area contributed by atoms with Gasteiger partial charge in [0, 0.05) is 18.8 Å². The number of piperidine rings is 1. The summed E-state index contributed by atoms with van der Waals surface area (Å²) < 4.78 is 5.94. The molecule has 2 fully saturated rings. The Kier molecular flexibility index (Phi) is 8.08. The van der Waals surface area contributed by atoms with Gasteiger partial charge in [-0.1, -0.05) is 50.1 Å². The van der Waals surface area contributed by atoms with Crippen LogP contribution in [-0.2, 0) is 11.2 Å². The number of nitrogens with one attached hydrogen (secondary N) is 1. The highest BCUT2D eigenvalue weighted by molar-refractivity contribution is 5.79. The molecular formula is C28H38N2O2. The molecule has 172 valence electrons. The van der Waals surface area contributed by atoms with E-state index in [1.165, 1.54) is 36.9 Å². The summed E-state index contributed by atoms with van der Waals surface area (Å²) in [4.78, 5) is 15.5. The number of nitrogens with zero attached hydrogens (tertiary/aromatic N) is 1. The Balaban J connectivity index is 1.41. The first-order valence-corrected chi connectivity index (χ1v) is 12.6. The lowest BCUT2D eigenvalue weighted by Crippen LogP contribution is -2.34. The van der Waals surface area contributed by atoms with E-state index in [1.54, 1.807) is 0 Å². The quantitative estimate of drug-likeness (QED) is 0.484. The number of amides is 1.